The van der Waals surface area contributed by atoms with Crippen molar-refractivity contribution < 1.29 is 4.79 Å². The van der Waals surface area contributed by atoms with Crippen LogP contribution in [-0.4, -0.2) is 18.5 Å². The van der Waals surface area contributed by atoms with E-state index in [1.807, 2.05) is 0 Å². The van der Waals surface area contributed by atoms with Gasteiger partial charge in [0.15, 0.2) is 0 Å². The van der Waals surface area contributed by atoms with Crippen LogP contribution in [0.2, 0.25) is 0 Å². The molecule has 0 spiro atoms. The Morgan fingerprint density at radius 1 is 1.42 bits per heavy atom. The Bertz CT molecular complexity index is 315. The van der Waals surface area contributed by atoms with E-state index < -0.39 is 0 Å². The topological polar surface area (TPSA) is 55.1 Å². The zero-order chi connectivity index (χ0) is 14.3. The fraction of sp³-hybridized carbons (Fsp3) is 0.812. The average Bonchev–Trinajstić information content (AvgIpc) is 2.27. The summed E-state index contributed by atoms with van der Waals surface area (Å²) < 4.78 is 0. The van der Waals surface area contributed by atoms with Crippen molar-refractivity contribution in [3.05, 3.63) is 11.6 Å². The second-order valence-corrected chi connectivity index (χ2v) is 6.94. The Morgan fingerprint density at radius 3 is 2.74 bits per heavy atom. The average molecular weight is 266 g/mol. The van der Waals surface area contributed by atoms with E-state index >= 15 is 0 Å². The number of amides is 1. The molecule has 3 N–H and O–H groups in total. The van der Waals surface area contributed by atoms with E-state index in [4.69, 9.17) is 5.73 Å². The minimum absolute atomic E-state index is 0.0334. The molecule has 0 bridgehead atoms. The molecule has 110 valence electrons. The van der Waals surface area contributed by atoms with Gasteiger partial charge in [-0.15, -0.1) is 0 Å². The van der Waals surface area contributed by atoms with Crippen LogP contribution >= 0.6 is 0 Å². The van der Waals surface area contributed by atoms with Gasteiger partial charge in [0.2, 0.25) is 5.91 Å². The Kier molecular flexibility index (Phi) is 6.56. The van der Waals surface area contributed by atoms with Crippen LogP contribution in [0.1, 0.15) is 65.7 Å². The SMILES string of the molecule is CC(C)(C)CC(N)CC(=O)NCCC1=CCCCC1. The minimum atomic E-state index is -0.0334. The van der Waals surface area contributed by atoms with E-state index in [1.165, 1.54) is 31.3 Å². The molecular weight excluding hydrogens is 236 g/mol. The highest BCUT2D eigenvalue weighted by molar-refractivity contribution is 5.76. The second kappa shape index (κ2) is 7.68. The van der Waals surface area contributed by atoms with E-state index in [-0.39, 0.29) is 17.4 Å². The molecule has 1 aliphatic carbocycles. The number of rotatable bonds is 6. The van der Waals surface area contributed by atoms with Gasteiger partial charge in [-0.2, -0.15) is 0 Å². The Balaban J connectivity index is 2.15. The highest BCUT2D eigenvalue weighted by Crippen LogP contribution is 2.21. The normalized spacial score (nSPS) is 17.8. The molecule has 0 aromatic rings. The first kappa shape index (κ1) is 16.2. The summed E-state index contributed by atoms with van der Waals surface area (Å²) in [7, 11) is 0. The number of nitrogens with one attached hydrogen (secondary N) is 1. The summed E-state index contributed by atoms with van der Waals surface area (Å²) >= 11 is 0. The fourth-order valence-corrected chi connectivity index (χ4v) is 2.66. The van der Waals surface area contributed by atoms with Crippen molar-refractivity contribution in [2.45, 2.75) is 71.8 Å². The predicted octanol–water partition coefficient (Wildman–Crippen LogP) is 3.15. The summed E-state index contributed by atoms with van der Waals surface area (Å²) in [4.78, 5) is 11.8. The number of nitrogens with two attached hydrogens (primary N) is 1. The van der Waals surface area contributed by atoms with Gasteiger partial charge in [0, 0.05) is 19.0 Å². The van der Waals surface area contributed by atoms with Crippen molar-refractivity contribution in [2.24, 2.45) is 11.1 Å². The summed E-state index contributed by atoms with van der Waals surface area (Å²) in [6, 6.07) is -0.0334. The van der Waals surface area contributed by atoms with Crippen LogP contribution in [-0.2, 0) is 4.79 Å². The number of carbonyl (C=O) groups is 1. The Labute approximate surface area is 118 Å². The minimum Gasteiger partial charge on any atom is -0.356 e. The van der Waals surface area contributed by atoms with Gasteiger partial charge in [-0.05, 0) is 43.9 Å². The molecule has 0 saturated carbocycles. The molecule has 1 unspecified atom stereocenters. The molecule has 0 heterocycles. The maximum Gasteiger partial charge on any atom is 0.221 e. The standard InChI is InChI=1S/C16H30N2O/c1-16(2,3)12-14(17)11-15(19)18-10-9-13-7-5-4-6-8-13/h7,14H,4-6,8-12,17H2,1-3H3,(H,18,19). The van der Waals surface area contributed by atoms with E-state index in [2.05, 4.69) is 32.2 Å². The molecule has 0 fully saturated rings. The molecule has 0 aliphatic heterocycles. The van der Waals surface area contributed by atoms with Gasteiger partial charge >= 0.3 is 0 Å². The molecule has 0 saturated heterocycles. The van der Waals surface area contributed by atoms with Gasteiger partial charge < -0.3 is 11.1 Å². The largest absolute Gasteiger partial charge is 0.356 e. The van der Waals surface area contributed by atoms with Gasteiger partial charge in [0.1, 0.15) is 0 Å². The van der Waals surface area contributed by atoms with Crippen molar-refractivity contribution in [1.29, 1.82) is 0 Å². The Hall–Kier alpha value is -0.830. The van der Waals surface area contributed by atoms with Gasteiger partial charge in [-0.1, -0.05) is 32.4 Å². The quantitative estimate of drug-likeness (QED) is 0.726. The first-order valence-electron chi connectivity index (χ1n) is 7.57. The van der Waals surface area contributed by atoms with Gasteiger partial charge in [0.05, 0.1) is 0 Å². The maximum absolute atomic E-state index is 11.8. The second-order valence-electron chi connectivity index (χ2n) is 6.94. The van der Waals surface area contributed by atoms with E-state index in [0.29, 0.717) is 6.42 Å². The summed E-state index contributed by atoms with van der Waals surface area (Å²) in [5, 5.41) is 2.99. The molecule has 3 heteroatoms. The van der Waals surface area contributed by atoms with Crippen molar-refractivity contribution in [1.82, 2.24) is 5.32 Å². The number of allylic oxidation sites excluding steroid dienone is 1. The first-order chi connectivity index (χ1) is 8.87. The molecule has 1 aliphatic rings. The van der Waals surface area contributed by atoms with Crippen LogP contribution in [0, 0.1) is 5.41 Å². The third-order valence-corrected chi connectivity index (χ3v) is 3.48. The highest BCUT2D eigenvalue weighted by Gasteiger charge is 2.17. The van der Waals surface area contributed by atoms with Crippen LogP contribution in [0.15, 0.2) is 11.6 Å². The highest BCUT2D eigenvalue weighted by atomic mass is 16.1. The van der Waals surface area contributed by atoms with Gasteiger partial charge in [0.25, 0.3) is 0 Å². The first-order valence-corrected chi connectivity index (χ1v) is 7.57. The van der Waals surface area contributed by atoms with Crippen molar-refractivity contribution in [3.63, 3.8) is 0 Å². The molecule has 1 rings (SSSR count). The van der Waals surface area contributed by atoms with Crippen molar-refractivity contribution in [2.75, 3.05) is 6.54 Å². The number of hydrogen-bond donors (Lipinski definition) is 2. The lowest BCUT2D eigenvalue weighted by Gasteiger charge is -2.22. The lowest BCUT2D eigenvalue weighted by molar-refractivity contribution is -0.121. The van der Waals surface area contributed by atoms with Crippen LogP contribution in [0.4, 0.5) is 0 Å². The van der Waals surface area contributed by atoms with Gasteiger partial charge in [-0.25, -0.2) is 0 Å². The molecule has 0 aromatic carbocycles. The fourth-order valence-electron chi connectivity index (χ4n) is 2.66. The molecule has 1 amide bonds. The zero-order valence-electron chi connectivity index (χ0n) is 12.8. The number of carbonyl (C=O) groups excluding carboxylic acids is 1. The predicted molar refractivity (Wildman–Crippen MR) is 80.8 cm³/mol. The van der Waals surface area contributed by atoms with Crippen LogP contribution in [0.5, 0.6) is 0 Å². The molecular formula is C16H30N2O. The summed E-state index contributed by atoms with van der Waals surface area (Å²) in [5.41, 5.74) is 7.70. The maximum atomic E-state index is 11.8. The zero-order valence-corrected chi connectivity index (χ0v) is 12.8. The summed E-state index contributed by atoms with van der Waals surface area (Å²) in [5.74, 6) is 0.0909. The molecule has 0 radical (unpaired) electrons. The van der Waals surface area contributed by atoms with E-state index in [0.717, 1.165) is 19.4 Å². The van der Waals surface area contributed by atoms with Gasteiger partial charge in [-0.3, -0.25) is 4.79 Å². The van der Waals surface area contributed by atoms with Crippen molar-refractivity contribution in [3.8, 4) is 0 Å². The third kappa shape index (κ3) is 8.04. The number of hydrogen-bond acceptors (Lipinski definition) is 2. The molecule has 0 aromatic heterocycles. The van der Waals surface area contributed by atoms with Crippen molar-refractivity contribution >= 4 is 5.91 Å². The molecule has 1 atom stereocenters. The third-order valence-electron chi connectivity index (χ3n) is 3.48. The summed E-state index contributed by atoms with van der Waals surface area (Å²) in [6.45, 7) is 7.22. The smallest absolute Gasteiger partial charge is 0.221 e. The lowest BCUT2D eigenvalue weighted by atomic mass is 9.87. The van der Waals surface area contributed by atoms with Crippen LogP contribution in [0.3, 0.4) is 0 Å². The van der Waals surface area contributed by atoms with E-state index in [1.54, 1.807) is 0 Å². The van der Waals surface area contributed by atoms with Crippen LogP contribution in [0.25, 0.3) is 0 Å². The monoisotopic (exact) mass is 266 g/mol. The molecule has 3 nitrogen and oxygen atoms in total. The lowest BCUT2D eigenvalue weighted by Crippen LogP contribution is -2.34. The summed E-state index contributed by atoms with van der Waals surface area (Å²) in [6.07, 6.45) is 9.69. The van der Waals surface area contributed by atoms with E-state index in [9.17, 15) is 4.79 Å². The Morgan fingerprint density at radius 2 is 2.16 bits per heavy atom. The van der Waals surface area contributed by atoms with Crippen LogP contribution < -0.4 is 11.1 Å². The molecule has 19 heavy (non-hydrogen) atoms.